The average molecular weight is 246 g/mol. The van der Waals surface area contributed by atoms with Gasteiger partial charge >= 0.3 is 0 Å². The number of benzene rings is 1. The van der Waals surface area contributed by atoms with Gasteiger partial charge in [-0.05, 0) is 31.9 Å². The second-order valence-electron chi connectivity index (χ2n) is 4.20. The summed E-state index contributed by atoms with van der Waals surface area (Å²) in [4.78, 5) is 4.59. The van der Waals surface area contributed by atoms with Gasteiger partial charge in [-0.1, -0.05) is 24.6 Å². The van der Waals surface area contributed by atoms with Crippen LogP contribution in [0.25, 0.3) is 0 Å². The van der Waals surface area contributed by atoms with E-state index in [1.54, 1.807) is 11.3 Å². The Hall–Kier alpha value is -1.35. The van der Waals surface area contributed by atoms with Gasteiger partial charge in [-0.25, -0.2) is 4.98 Å². The highest BCUT2D eigenvalue weighted by molar-refractivity contribution is 7.09. The van der Waals surface area contributed by atoms with Gasteiger partial charge in [-0.15, -0.1) is 11.3 Å². The SMILES string of the molecule is CCCc1nc(CNc2ccc(C)cc2)cs1. The molecule has 90 valence electrons. The molecule has 0 amide bonds. The summed E-state index contributed by atoms with van der Waals surface area (Å²) in [6.45, 7) is 5.09. The van der Waals surface area contributed by atoms with Crippen LogP contribution in [0.5, 0.6) is 0 Å². The third kappa shape index (κ3) is 3.56. The first-order chi connectivity index (χ1) is 8.28. The maximum atomic E-state index is 4.59. The maximum Gasteiger partial charge on any atom is 0.0928 e. The summed E-state index contributed by atoms with van der Waals surface area (Å²) in [5, 5.41) is 6.78. The van der Waals surface area contributed by atoms with Crippen LogP contribution >= 0.6 is 11.3 Å². The van der Waals surface area contributed by atoms with Gasteiger partial charge in [0.05, 0.1) is 17.2 Å². The number of anilines is 1. The van der Waals surface area contributed by atoms with Gasteiger partial charge in [0.2, 0.25) is 0 Å². The average Bonchev–Trinajstić information content (AvgIpc) is 2.77. The molecular weight excluding hydrogens is 228 g/mol. The number of thiazole rings is 1. The van der Waals surface area contributed by atoms with Gasteiger partial charge in [0.25, 0.3) is 0 Å². The molecule has 0 unspecified atom stereocenters. The zero-order valence-electron chi connectivity index (χ0n) is 10.4. The van der Waals surface area contributed by atoms with Crippen molar-refractivity contribution in [1.29, 1.82) is 0 Å². The zero-order chi connectivity index (χ0) is 12.1. The van der Waals surface area contributed by atoms with E-state index >= 15 is 0 Å². The molecule has 0 aliphatic heterocycles. The molecule has 2 rings (SSSR count). The highest BCUT2D eigenvalue weighted by Gasteiger charge is 2.00. The molecule has 2 aromatic rings. The minimum Gasteiger partial charge on any atom is -0.379 e. The van der Waals surface area contributed by atoms with Crippen LogP contribution in [0, 0.1) is 6.92 Å². The summed E-state index contributed by atoms with van der Waals surface area (Å²) in [6, 6.07) is 8.45. The second kappa shape index (κ2) is 5.82. The molecule has 0 aliphatic rings. The van der Waals surface area contributed by atoms with Crippen LogP contribution in [0.1, 0.15) is 29.6 Å². The first-order valence-corrected chi connectivity index (χ1v) is 6.89. The predicted molar refractivity (Wildman–Crippen MR) is 74.6 cm³/mol. The van der Waals surface area contributed by atoms with E-state index < -0.39 is 0 Å². The number of aromatic nitrogens is 1. The first-order valence-electron chi connectivity index (χ1n) is 6.01. The van der Waals surface area contributed by atoms with E-state index in [2.05, 4.69) is 53.8 Å². The third-order valence-electron chi connectivity index (χ3n) is 2.59. The standard InChI is InChI=1S/C14H18N2S/c1-3-4-14-16-13(10-17-14)9-15-12-7-5-11(2)6-8-12/h5-8,10,15H,3-4,9H2,1-2H3. The smallest absolute Gasteiger partial charge is 0.0928 e. The van der Waals surface area contributed by atoms with Crippen molar-refractivity contribution in [3.8, 4) is 0 Å². The van der Waals surface area contributed by atoms with Crippen LogP contribution in [0.2, 0.25) is 0 Å². The summed E-state index contributed by atoms with van der Waals surface area (Å²) in [7, 11) is 0. The molecule has 1 N–H and O–H groups in total. The van der Waals surface area contributed by atoms with Gasteiger partial charge in [0.1, 0.15) is 0 Å². The van der Waals surface area contributed by atoms with Crippen molar-refractivity contribution in [2.75, 3.05) is 5.32 Å². The Morgan fingerprint density at radius 3 is 2.71 bits per heavy atom. The Labute approximate surface area is 107 Å². The van der Waals surface area contributed by atoms with Crippen LogP contribution in [0.15, 0.2) is 29.6 Å². The van der Waals surface area contributed by atoms with Crippen molar-refractivity contribution < 1.29 is 0 Å². The molecule has 0 aliphatic carbocycles. The second-order valence-corrected chi connectivity index (χ2v) is 5.14. The van der Waals surface area contributed by atoms with E-state index in [1.165, 1.54) is 17.0 Å². The summed E-state index contributed by atoms with van der Waals surface area (Å²) in [6.07, 6.45) is 2.26. The maximum absolute atomic E-state index is 4.59. The monoisotopic (exact) mass is 246 g/mol. The molecule has 1 heterocycles. The summed E-state index contributed by atoms with van der Waals surface area (Å²) in [5.74, 6) is 0. The van der Waals surface area contributed by atoms with Crippen LogP contribution in [-0.2, 0) is 13.0 Å². The van der Waals surface area contributed by atoms with Crippen molar-refractivity contribution in [3.05, 3.63) is 45.9 Å². The van der Waals surface area contributed by atoms with Crippen molar-refractivity contribution >= 4 is 17.0 Å². The molecule has 0 atom stereocenters. The minimum atomic E-state index is 0.809. The normalized spacial score (nSPS) is 10.5. The fourth-order valence-electron chi connectivity index (χ4n) is 1.62. The number of rotatable bonds is 5. The van der Waals surface area contributed by atoms with E-state index in [0.29, 0.717) is 0 Å². The highest BCUT2D eigenvalue weighted by atomic mass is 32.1. The number of nitrogens with one attached hydrogen (secondary N) is 1. The lowest BCUT2D eigenvalue weighted by Crippen LogP contribution is -1.99. The largest absolute Gasteiger partial charge is 0.379 e. The van der Waals surface area contributed by atoms with E-state index in [1.807, 2.05) is 0 Å². The molecule has 17 heavy (non-hydrogen) atoms. The summed E-state index contributed by atoms with van der Waals surface area (Å²) in [5.41, 5.74) is 3.58. The van der Waals surface area contributed by atoms with Crippen LogP contribution < -0.4 is 5.32 Å². The lowest BCUT2D eigenvalue weighted by Gasteiger charge is -2.04. The molecule has 0 radical (unpaired) electrons. The minimum absolute atomic E-state index is 0.809. The lowest BCUT2D eigenvalue weighted by molar-refractivity contribution is 0.895. The Morgan fingerprint density at radius 2 is 2.00 bits per heavy atom. The van der Waals surface area contributed by atoms with Crippen molar-refractivity contribution in [3.63, 3.8) is 0 Å². The Kier molecular flexibility index (Phi) is 4.15. The van der Waals surface area contributed by atoms with Gasteiger partial charge in [0.15, 0.2) is 0 Å². The number of aryl methyl sites for hydroxylation is 2. The summed E-state index contributed by atoms with van der Waals surface area (Å²) < 4.78 is 0. The lowest BCUT2D eigenvalue weighted by atomic mass is 10.2. The van der Waals surface area contributed by atoms with Crippen LogP contribution in [0.3, 0.4) is 0 Å². The van der Waals surface area contributed by atoms with Crippen molar-refractivity contribution in [2.45, 2.75) is 33.2 Å². The number of hydrogen-bond acceptors (Lipinski definition) is 3. The van der Waals surface area contributed by atoms with Gasteiger partial charge in [-0.2, -0.15) is 0 Å². The Morgan fingerprint density at radius 1 is 1.24 bits per heavy atom. The van der Waals surface area contributed by atoms with Crippen molar-refractivity contribution in [1.82, 2.24) is 4.98 Å². The van der Waals surface area contributed by atoms with E-state index in [9.17, 15) is 0 Å². The van der Waals surface area contributed by atoms with E-state index in [4.69, 9.17) is 0 Å². The van der Waals surface area contributed by atoms with Crippen molar-refractivity contribution in [2.24, 2.45) is 0 Å². The number of nitrogens with zero attached hydrogens (tertiary/aromatic N) is 1. The fraction of sp³-hybridized carbons (Fsp3) is 0.357. The van der Waals surface area contributed by atoms with Gasteiger partial charge in [0, 0.05) is 11.1 Å². The van der Waals surface area contributed by atoms with Crippen LogP contribution in [0.4, 0.5) is 5.69 Å². The zero-order valence-corrected chi connectivity index (χ0v) is 11.2. The third-order valence-corrected chi connectivity index (χ3v) is 3.55. The molecule has 0 fully saturated rings. The molecule has 2 nitrogen and oxygen atoms in total. The number of hydrogen-bond donors (Lipinski definition) is 1. The van der Waals surface area contributed by atoms with Gasteiger partial charge < -0.3 is 5.32 Å². The Bertz CT molecular complexity index is 459. The van der Waals surface area contributed by atoms with E-state index in [-0.39, 0.29) is 0 Å². The quantitative estimate of drug-likeness (QED) is 0.862. The molecule has 1 aromatic heterocycles. The molecule has 0 saturated carbocycles. The Balaban J connectivity index is 1.90. The summed E-state index contributed by atoms with van der Waals surface area (Å²) >= 11 is 1.76. The first kappa shape index (κ1) is 12.1. The predicted octanol–water partition coefficient (Wildman–Crippen LogP) is 4.02. The molecule has 0 saturated heterocycles. The fourth-order valence-corrected chi connectivity index (χ4v) is 2.52. The molecule has 1 aromatic carbocycles. The molecule has 0 bridgehead atoms. The molecule has 0 spiro atoms. The molecular formula is C14H18N2S. The van der Waals surface area contributed by atoms with Crippen LogP contribution in [-0.4, -0.2) is 4.98 Å². The van der Waals surface area contributed by atoms with E-state index in [0.717, 1.165) is 24.3 Å². The molecule has 3 heteroatoms. The van der Waals surface area contributed by atoms with Gasteiger partial charge in [-0.3, -0.25) is 0 Å². The highest BCUT2D eigenvalue weighted by Crippen LogP contribution is 2.14. The topological polar surface area (TPSA) is 24.9 Å².